The van der Waals surface area contributed by atoms with E-state index >= 15 is 0 Å². The second-order valence-electron chi connectivity index (χ2n) is 7.94. The van der Waals surface area contributed by atoms with Crippen molar-refractivity contribution < 1.29 is 14.7 Å². The van der Waals surface area contributed by atoms with E-state index in [2.05, 4.69) is 20.3 Å². The van der Waals surface area contributed by atoms with Gasteiger partial charge in [-0.15, -0.1) is 5.10 Å². The summed E-state index contributed by atoms with van der Waals surface area (Å²) in [6.45, 7) is -0.362. The average Bonchev–Trinajstić information content (AvgIpc) is 3.57. The number of nitrogens with zero attached hydrogens (tertiary/aromatic N) is 5. The molecule has 0 saturated heterocycles. The number of carbonyl (C=O) groups excluding carboxylic acids is 1. The van der Waals surface area contributed by atoms with Crippen LogP contribution in [0.25, 0.3) is 28.0 Å². The van der Waals surface area contributed by atoms with E-state index in [0.717, 1.165) is 47.8 Å². The third-order valence-electron chi connectivity index (χ3n) is 5.83. The Labute approximate surface area is 183 Å². The van der Waals surface area contributed by atoms with Crippen LogP contribution >= 0.6 is 0 Å². The number of amides is 1. The van der Waals surface area contributed by atoms with Crippen LogP contribution in [-0.2, 0) is 4.79 Å². The quantitative estimate of drug-likeness (QED) is 0.485. The molecular formula is C23H22N6O3. The summed E-state index contributed by atoms with van der Waals surface area (Å²) in [4.78, 5) is 30.8. The lowest BCUT2D eigenvalue weighted by molar-refractivity contribution is -0.138. The number of hydrogen-bond donors (Lipinski definition) is 2. The molecule has 0 radical (unpaired) electrons. The van der Waals surface area contributed by atoms with E-state index in [1.807, 2.05) is 48.5 Å². The van der Waals surface area contributed by atoms with E-state index in [9.17, 15) is 14.7 Å². The molecule has 1 fully saturated rings. The maximum absolute atomic E-state index is 13.4. The van der Waals surface area contributed by atoms with Crippen molar-refractivity contribution in [1.82, 2.24) is 29.9 Å². The molecule has 2 aromatic carbocycles. The first kappa shape index (κ1) is 19.9. The molecule has 0 bridgehead atoms. The zero-order valence-corrected chi connectivity index (χ0v) is 17.3. The first-order valence-electron chi connectivity index (χ1n) is 10.6. The first-order valence-corrected chi connectivity index (χ1v) is 10.6. The zero-order chi connectivity index (χ0) is 22.1. The maximum atomic E-state index is 13.4. The number of carbonyl (C=O) groups is 2. The number of carboxylic acid groups (broad SMARTS) is 1. The topological polar surface area (TPSA) is 117 Å². The average molecular weight is 430 g/mol. The van der Waals surface area contributed by atoms with Crippen molar-refractivity contribution in [2.24, 2.45) is 0 Å². The molecule has 9 heteroatoms. The van der Waals surface area contributed by atoms with Crippen LogP contribution in [0.3, 0.4) is 0 Å². The summed E-state index contributed by atoms with van der Waals surface area (Å²) in [5.41, 5.74) is 2.36. The minimum Gasteiger partial charge on any atom is -0.480 e. The van der Waals surface area contributed by atoms with Crippen LogP contribution in [-0.4, -0.2) is 59.4 Å². The molecular weight excluding hydrogens is 408 g/mol. The molecule has 0 unspecified atom stereocenters. The Hall–Kier alpha value is -4.01. The summed E-state index contributed by atoms with van der Waals surface area (Å²) in [7, 11) is 0. The van der Waals surface area contributed by atoms with Gasteiger partial charge in [-0.2, -0.15) is 5.10 Å². The SMILES string of the molecule is O=C(O)CN(C(=O)c1nc(-c2ccccc2)n(-c2ccc3cn[nH]c3c2)n1)C1CCCC1. The Morgan fingerprint density at radius 1 is 1.12 bits per heavy atom. The van der Waals surface area contributed by atoms with Gasteiger partial charge in [-0.05, 0) is 31.0 Å². The number of H-pyrrole nitrogens is 1. The minimum absolute atomic E-state index is 0.0123. The van der Waals surface area contributed by atoms with Crippen molar-refractivity contribution in [3.05, 3.63) is 60.6 Å². The highest BCUT2D eigenvalue weighted by Gasteiger charge is 2.32. The number of rotatable bonds is 6. The highest BCUT2D eigenvalue weighted by molar-refractivity contribution is 5.93. The van der Waals surface area contributed by atoms with Crippen LogP contribution < -0.4 is 0 Å². The second-order valence-corrected chi connectivity index (χ2v) is 7.94. The fraction of sp³-hybridized carbons (Fsp3) is 0.261. The van der Waals surface area contributed by atoms with E-state index < -0.39 is 11.9 Å². The molecule has 1 aliphatic carbocycles. The largest absolute Gasteiger partial charge is 0.480 e. The highest BCUT2D eigenvalue weighted by atomic mass is 16.4. The van der Waals surface area contributed by atoms with Gasteiger partial charge >= 0.3 is 5.97 Å². The Bertz CT molecular complexity index is 1270. The molecule has 1 aliphatic rings. The number of aromatic amines is 1. The van der Waals surface area contributed by atoms with Crippen molar-refractivity contribution in [2.75, 3.05) is 6.54 Å². The van der Waals surface area contributed by atoms with Gasteiger partial charge in [0.05, 0.1) is 17.4 Å². The van der Waals surface area contributed by atoms with E-state index in [1.54, 1.807) is 10.9 Å². The zero-order valence-electron chi connectivity index (χ0n) is 17.3. The third kappa shape index (κ3) is 3.73. The number of nitrogens with one attached hydrogen (secondary N) is 1. The molecule has 4 aromatic rings. The Balaban J connectivity index is 1.60. The predicted octanol–water partition coefficient (Wildman–Crippen LogP) is 3.28. The van der Waals surface area contributed by atoms with E-state index in [1.165, 1.54) is 4.90 Å². The molecule has 0 atom stereocenters. The second kappa shape index (κ2) is 8.26. The van der Waals surface area contributed by atoms with Gasteiger partial charge in [-0.3, -0.25) is 14.7 Å². The van der Waals surface area contributed by atoms with Gasteiger partial charge in [-0.25, -0.2) is 9.67 Å². The standard InChI is InChI=1S/C23H22N6O3/c30-20(31)14-28(17-8-4-5-9-17)23(32)21-25-22(15-6-2-1-3-7-15)29(27-21)18-11-10-16-13-24-26-19(16)12-18/h1-3,6-7,10-13,17H,4-5,8-9,14H2,(H,24,26)(H,30,31). The molecule has 2 heterocycles. The Morgan fingerprint density at radius 2 is 1.91 bits per heavy atom. The molecule has 0 spiro atoms. The Kier molecular flexibility index (Phi) is 5.14. The number of benzene rings is 2. The molecule has 9 nitrogen and oxygen atoms in total. The highest BCUT2D eigenvalue weighted by Crippen LogP contribution is 2.27. The number of fused-ring (bicyclic) bond motifs is 1. The molecule has 5 rings (SSSR count). The van der Waals surface area contributed by atoms with Gasteiger partial charge in [0.1, 0.15) is 6.54 Å². The molecule has 162 valence electrons. The first-order chi connectivity index (χ1) is 15.6. The summed E-state index contributed by atoms with van der Waals surface area (Å²) in [5.74, 6) is -1.01. The fourth-order valence-corrected chi connectivity index (χ4v) is 4.27. The normalized spacial score (nSPS) is 14.1. The predicted molar refractivity (Wildman–Crippen MR) is 117 cm³/mol. The van der Waals surface area contributed by atoms with Gasteiger partial charge in [0, 0.05) is 17.0 Å². The van der Waals surface area contributed by atoms with E-state index in [0.29, 0.717) is 5.82 Å². The van der Waals surface area contributed by atoms with Crippen LogP contribution in [0.5, 0.6) is 0 Å². The van der Waals surface area contributed by atoms with Crippen molar-refractivity contribution in [2.45, 2.75) is 31.7 Å². The van der Waals surface area contributed by atoms with Crippen molar-refractivity contribution >= 4 is 22.8 Å². The monoisotopic (exact) mass is 430 g/mol. The van der Waals surface area contributed by atoms with Gasteiger partial charge in [0.25, 0.3) is 5.91 Å². The molecule has 32 heavy (non-hydrogen) atoms. The third-order valence-corrected chi connectivity index (χ3v) is 5.83. The number of carboxylic acids is 1. The summed E-state index contributed by atoms with van der Waals surface area (Å²) in [6.07, 6.45) is 5.28. The van der Waals surface area contributed by atoms with Crippen molar-refractivity contribution in [1.29, 1.82) is 0 Å². The lowest BCUT2D eigenvalue weighted by Crippen LogP contribution is -2.42. The van der Waals surface area contributed by atoms with Crippen LogP contribution in [0, 0.1) is 0 Å². The van der Waals surface area contributed by atoms with Crippen LogP contribution in [0.15, 0.2) is 54.7 Å². The van der Waals surface area contributed by atoms with E-state index in [-0.39, 0.29) is 18.4 Å². The molecule has 2 N–H and O–H groups in total. The van der Waals surface area contributed by atoms with Crippen molar-refractivity contribution in [3.8, 4) is 17.1 Å². The molecule has 2 aromatic heterocycles. The summed E-state index contributed by atoms with van der Waals surface area (Å²) in [5, 5.41) is 21.9. The van der Waals surface area contributed by atoms with Gasteiger partial charge in [-0.1, -0.05) is 43.2 Å². The number of aliphatic carboxylic acids is 1. The molecule has 1 saturated carbocycles. The van der Waals surface area contributed by atoms with Crippen LogP contribution in [0.2, 0.25) is 0 Å². The number of aromatic nitrogens is 5. The van der Waals surface area contributed by atoms with Gasteiger partial charge < -0.3 is 10.0 Å². The van der Waals surface area contributed by atoms with Gasteiger partial charge in [0.15, 0.2) is 5.82 Å². The number of hydrogen-bond acceptors (Lipinski definition) is 5. The van der Waals surface area contributed by atoms with Crippen LogP contribution in [0.1, 0.15) is 36.3 Å². The van der Waals surface area contributed by atoms with Crippen LogP contribution in [0.4, 0.5) is 0 Å². The molecule has 0 aliphatic heterocycles. The lowest BCUT2D eigenvalue weighted by atomic mass is 10.2. The fourth-order valence-electron chi connectivity index (χ4n) is 4.27. The minimum atomic E-state index is -1.04. The van der Waals surface area contributed by atoms with Gasteiger partial charge in [0.2, 0.25) is 5.82 Å². The maximum Gasteiger partial charge on any atom is 0.323 e. The summed E-state index contributed by atoms with van der Waals surface area (Å²) < 4.78 is 1.62. The summed E-state index contributed by atoms with van der Waals surface area (Å²) >= 11 is 0. The lowest BCUT2D eigenvalue weighted by Gasteiger charge is -2.26. The molecule has 1 amide bonds. The summed E-state index contributed by atoms with van der Waals surface area (Å²) in [6, 6.07) is 15.1. The van der Waals surface area contributed by atoms with E-state index in [4.69, 9.17) is 0 Å². The van der Waals surface area contributed by atoms with Crippen molar-refractivity contribution in [3.63, 3.8) is 0 Å². The Morgan fingerprint density at radius 3 is 2.66 bits per heavy atom. The smallest absolute Gasteiger partial charge is 0.323 e.